The highest BCUT2D eigenvalue weighted by molar-refractivity contribution is 6.31. The molecule has 2 aromatic carbocycles. The van der Waals surface area contributed by atoms with E-state index in [9.17, 15) is 24.2 Å². The van der Waals surface area contributed by atoms with Crippen LogP contribution in [0.5, 0.6) is 5.75 Å². The molecule has 0 fully saturated rings. The van der Waals surface area contributed by atoms with Gasteiger partial charge in [-0.3, -0.25) is 14.2 Å². The molecular weight excluding hydrogens is 428 g/mol. The predicted octanol–water partition coefficient (Wildman–Crippen LogP) is 5.81. The first-order valence-electron chi connectivity index (χ1n) is 9.80. The molecule has 0 saturated carbocycles. The summed E-state index contributed by atoms with van der Waals surface area (Å²) in [6.45, 7) is 4.82. The molecule has 3 aromatic rings. The number of unbranched alkanes of at least 4 members (excludes halogenated alkanes) is 1. The maximum absolute atomic E-state index is 15.1. The normalized spacial score (nSPS) is 13.4. The Morgan fingerprint density at radius 2 is 1.90 bits per heavy atom. The van der Waals surface area contributed by atoms with Crippen molar-refractivity contribution in [3.8, 4) is 5.75 Å². The Balaban J connectivity index is 2.44. The van der Waals surface area contributed by atoms with E-state index in [1.807, 2.05) is 6.92 Å². The summed E-state index contributed by atoms with van der Waals surface area (Å²) in [7, 11) is 0. The van der Waals surface area contributed by atoms with Crippen LogP contribution in [0.4, 0.5) is 8.78 Å². The van der Waals surface area contributed by atoms with E-state index in [0.717, 1.165) is 10.6 Å². The lowest BCUT2D eigenvalue weighted by Gasteiger charge is -2.26. The number of aliphatic carboxylic acids is 1. The minimum absolute atomic E-state index is 0.0339. The van der Waals surface area contributed by atoms with Gasteiger partial charge in [0.25, 0.3) is 5.91 Å². The SMILES string of the molecule is CCCC[C@@](C)(C(=O)O)c1c(C)n(C(=O)c2cccc(Cl)c2)c2cc(F)c(O)c(F)c12. The number of aromatic hydroxyl groups is 1. The number of fused-ring (bicyclic) bond motifs is 1. The van der Waals surface area contributed by atoms with Gasteiger partial charge in [0.05, 0.1) is 10.9 Å². The number of rotatable bonds is 6. The number of carboxylic acid groups (broad SMARTS) is 1. The van der Waals surface area contributed by atoms with Gasteiger partial charge in [0.2, 0.25) is 0 Å². The van der Waals surface area contributed by atoms with Gasteiger partial charge in [-0.1, -0.05) is 37.4 Å². The number of benzene rings is 2. The fourth-order valence-corrected chi connectivity index (χ4v) is 4.23. The third-order valence-corrected chi connectivity index (χ3v) is 5.93. The molecule has 0 aliphatic heterocycles. The predicted molar refractivity (Wildman–Crippen MR) is 114 cm³/mol. The molecular formula is C23H22ClF2NO4. The molecule has 5 nitrogen and oxygen atoms in total. The average molecular weight is 450 g/mol. The Kier molecular flexibility index (Phi) is 6.09. The van der Waals surface area contributed by atoms with Crippen LogP contribution in [0.2, 0.25) is 5.02 Å². The first kappa shape index (κ1) is 22.7. The van der Waals surface area contributed by atoms with Crippen LogP contribution in [0.15, 0.2) is 30.3 Å². The van der Waals surface area contributed by atoms with Crippen LogP contribution in [0, 0.1) is 18.6 Å². The van der Waals surface area contributed by atoms with E-state index in [-0.39, 0.29) is 34.1 Å². The van der Waals surface area contributed by atoms with Gasteiger partial charge in [0.1, 0.15) is 0 Å². The number of hydrogen-bond donors (Lipinski definition) is 2. The lowest BCUT2D eigenvalue weighted by molar-refractivity contribution is -0.143. The second kappa shape index (κ2) is 8.30. The largest absolute Gasteiger partial charge is 0.503 e. The maximum atomic E-state index is 15.1. The van der Waals surface area contributed by atoms with Gasteiger partial charge in [-0.15, -0.1) is 0 Å². The Labute approximate surface area is 182 Å². The van der Waals surface area contributed by atoms with Gasteiger partial charge in [0.15, 0.2) is 17.4 Å². The van der Waals surface area contributed by atoms with Crippen LogP contribution in [0.1, 0.15) is 54.7 Å². The number of nitrogens with zero attached hydrogens (tertiary/aromatic N) is 1. The molecule has 3 rings (SSSR count). The van der Waals surface area contributed by atoms with Gasteiger partial charge in [-0.2, -0.15) is 0 Å². The standard InChI is InChI=1S/C23H22ClF2NO4/c1-4-5-9-23(3,22(30)31)18-12(2)27(21(29)13-7-6-8-14(24)10-13)16-11-15(25)20(28)19(26)17(16)18/h6-8,10-11,28H,4-5,9H2,1-3H3,(H,30,31)/t23-/m1/s1. The summed E-state index contributed by atoms with van der Waals surface area (Å²) in [5, 5.41) is 19.9. The average Bonchev–Trinajstić information content (AvgIpc) is 3.01. The quantitative estimate of drug-likeness (QED) is 0.497. The number of carboxylic acids is 1. The summed E-state index contributed by atoms with van der Waals surface area (Å²) in [6.07, 6.45) is 1.40. The first-order chi connectivity index (χ1) is 14.5. The van der Waals surface area contributed by atoms with Gasteiger partial charge in [-0.05, 0) is 38.5 Å². The summed E-state index contributed by atoms with van der Waals surface area (Å²) in [5.41, 5.74) is -1.37. The smallest absolute Gasteiger partial charge is 0.313 e. The lowest BCUT2D eigenvalue weighted by atomic mass is 9.76. The second-order valence-electron chi connectivity index (χ2n) is 7.77. The number of halogens is 3. The molecule has 1 aromatic heterocycles. The van der Waals surface area contributed by atoms with Crippen LogP contribution in [0.3, 0.4) is 0 Å². The maximum Gasteiger partial charge on any atom is 0.313 e. The van der Waals surface area contributed by atoms with Crippen molar-refractivity contribution in [1.82, 2.24) is 4.57 Å². The molecule has 0 radical (unpaired) electrons. The molecule has 0 saturated heterocycles. The molecule has 8 heteroatoms. The van der Waals surface area contributed by atoms with Crippen molar-refractivity contribution >= 4 is 34.4 Å². The molecule has 1 atom stereocenters. The van der Waals surface area contributed by atoms with Gasteiger partial charge in [0, 0.05) is 33.3 Å². The third kappa shape index (κ3) is 3.67. The number of phenolic OH excluding ortho intramolecular Hbond substituents is 1. The molecule has 0 aliphatic carbocycles. The van der Waals surface area contributed by atoms with Crippen LogP contribution in [-0.4, -0.2) is 26.7 Å². The zero-order valence-electron chi connectivity index (χ0n) is 17.3. The summed E-state index contributed by atoms with van der Waals surface area (Å²) < 4.78 is 30.5. The molecule has 0 bridgehead atoms. The monoisotopic (exact) mass is 449 g/mol. The highest BCUT2D eigenvalue weighted by Crippen LogP contribution is 2.43. The van der Waals surface area contributed by atoms with E-state index in [1.54, 1.807) is 12.1 Å². The van der Waals surface area contributed by atoms with Crippen molar-refractivity contribution in [1.29, 1.82) is 0 Å². The molecule has 0 unspecified atom stereocenters. The second-order valence-corrected chi connectivity index (χ2v) is 8.20. The van der Waals surface area contributed by atoms with Crippen molar-refractivity contribution in [3.63, 3.8) is 0 Å². The summed E-state index contributed by atoms with van der Waals surface area (Å²) in [6, 6.07) is 6.89. The molecule has 2 N–H and O–H groups in total. The molecule has 0 amide bonds. The molecule has 31 heavy (non-hydrogen) atoms. The van der Waals surface area contributed by atoms with Crippen molar-refractivity contribution < 1.29 is 28.6 Å². The first-order valence-corrected chi connectivity index (χ1v) is 10.2. The zero-order chi connectivity index (χ0) is 23.1. The molecule has 0 spiro atoms. The van der Waals surface area contributed by atoms with Crippen molar-refractivity contribution in [3.05, 3.63) is 63.8 Å². The van der Waals surface area contributed by atoms with E-state index < -0.39 is 34.7 Å². The summed E-state index contributed by atoms with van der Waals surface area (Å²) >= 11 is 5.99. The minimum atomic E-state index is -1.57. The van der Waals surface area contributed by atoms with E-state index in [1.165, 1.54) is 26.0 Å². The van der Waals surface area contributed by atoms with E-state index in [0.29, 0.717) is 17.9 Å². The lowest BCUT2D eigenvalue weighted by Crippen LogP contribution is -2.33. The Bertz CT molecular complexity index is 1200. The van der Waals surface area contributed by atoms with Crippen LogP contribution in [0.25, 0.3) is 10.9 Å². The van der Waals surface area contributed by atoms with Crippen molar-refractivity contribution in [2.75, 3.05) is 0 Å². The van der Waals surface area contributed by atoms with E-state index in [2.05, 4.69) is 0 Å². The van der Waals surface area contributed by atoms with Crippen LogP contribution < -0.4 is 0 Å². The Morgan fingerprint density at radius 3 is 2.48 bits per heavy atom. The Morgan fingerprint density at radius 1 is 1.23 bits per heavy atom. The molecule has 1 heterocycles. The Hall–Kier alpha value is -2.93. The molecule has 164 valence electrons. The van der Waals surface area contributed by atoms with E-state index >= 15 is 4.39 Å². The van der Waals surface area contributed by atoms with E-state index in [4.69, 9.17) is 11.6 Å². The molecule has 0 aliphatic rings. The summed E-state index contributed by atoms with van der Waals surface area (Å²) in [5.74, 6) is -5.59. The number of carbonyl (C=O) groups is 2. The number of hydrogen-bond acceptors (Lipinski definition) is 3. The van der Waals surface area contributed by atoms with Gasteiger partial charge in [-0.25, -0.2) is 8.78 Å². The number of carbonyl (C=O) groups excluding carboxylic acids is 1. The zero-order valence-corrected chi connectivity index (χ0v) is 18.1. The van der Waals surface area contributed by atoms with Gasteiger partial charge < -0.3 is 10.2 Å². The van der Waals surface area contributed by atoms with Crippen molar-refractivity contribution in [2.45, 2.75) is 45.4 Å². The number of aromatic nitrogens is 1. The fraction of sp³-hybridized carbons (Fsp3) is 0.304. The number of phenols is 1. The minimum Gasteiger partial charge on any atom is -0.503 e. The third-order valence-electron chi connectivity index (χ3n) is 5.69. The van der Waals surface area contributed by atoms with Crippen LogP contribution in [-0.2, 0) is 10.2 Å². The topological polar surface area (TPSA) is 79.5 Å². The highest BCUT2D eigenvalue weighted by Gasteiger charge is 2.41. The summed E-state index contributed by atoms with van der Waals surface area (Å²) in [4.78, 5) is 25.6. The van der Waals surface area contributed by atoms with Crippen LogP contribution >= 0.6 is 11.6 Å². The van der Waals surface area contributed by atoms with Gasteiger partial charge >= 0.3 is 5.97 Å². The highest BCUT2D eigenvalue weighted by atomic mass is 35.5. The fourth-order valence-electron chi connectivity index (χ4n) is 4.04. The van der Waals surface area contributed by atoms with Crippen molar-refractivity contribution in [2.24, 2.45) is 0 Å².